The van der Waals surface area contributed by atoms with Crippen molar-refractivity contribution < 1.29 is 13.9 Å². The van der Waals surface area contributed by atoms with Crippen LogP contribution in [0, 0.1) is 0 Å². The summed E-state index contributed by atoms with van der Waals surface area (Å²) in [5.41, 5.74) is 2.98. The minimum absolute atomic E-state index is 0.0826. The number of carbonyl (C=O) groups is 1. The van der Waals surface area contributed by atoms with E-state index in [2.05, 4.69) is 27.3 Å². The first kappa shape index (κ1) is 19.3. The molecule has 6 heteroatoms. The van der Waals surface area contributed by atoms with Crippen LogP contribution in [0.2, 0.25) is 0 Å². The number of aromatic nitrogens is 1. The Morgan fingerprint density at radius 1 is 0.968 bits per heavy atom. The van der Waals surface area contributed by atoms with Gasteiger partial charge in [-0.05, 0) is 53.9 Å². The minimum Gasteiger partial charge on any atom is -0.484 e. The summed E-state index contributed by atoms with van der Waals surface area (Å²) in [5.74, 6) is 0.892. The molecule has 0 fully saturated rings. The van der Waals surface area contributed by atoms with Gasteiger partial charge in [0.05, 0.1) is 0 Å². The number of fused-ring (bicyclic) bond motifs is 3. The van der Waals surface area contributed by atoms with Crippen LogP contribution in [0.25, 0.3) is 33.3 Å². The summed E-state index contributed by atoms with van der Waals surface area (Å²) in [6.07, 6.45) is 0. The molecule has 0 spiro atoms. The average molecular weight is 473 g/mol. The van der Waals surface area contributed by atoms with E-state index in [1.165, 1.54) is 0 Å². The Labute approximate surface area is 186 Å². The number of rotatable bonds is 5. The Hall–Kier alpha value is -3.64. The fraction of sp³-hybridized carbons (Fsp3) is 0.0400. The van der Waals surface area contributed by atoms with Crippen LogP contribution >= 0.6 is 15.9 Å². The molecule has 5 aromatic rings. The van der Waals surface area contributed by atoms with Crippen molar-refractivity contribution in [1.82, 2.24) is 4.98 Å². The zero-order valence-corrected chi connectivity index (χ0v) is 17.9. The number of hydrogen-bond donors (Lipinski definition) is 1. The first-order valence-electron chi connectivity index (χ1n) is 9.73. The molecule has 0 saturated heterocycles. The molecule has 1 heterocycles. The number of ether oxygens (including phenoxy) is 1. The molecule has 1 amide bonds. The molecule has 1 N–H and O–H groups in total. The second kappa shape index (κ2) is 8.24. The van der Waals surface area contributed by atoms with Crippen LogP contribution in [-0.2, 0) is 4.79 Å². The average Bonchev–Trinajstić information content (AvgIpc) is 3.24. The summed E-state index contributed by atoms with van der Waals surface area (Å²) in [6.45, 7) is -0.0826. The maximum Gasteiger partial charge on any atom is 0.262 e. The maximum atomic E-state index is 12.3. The van der Waals surface area contributed by atoms with Crippen LogP contribution in [0.4, 0.5) is 5.69 Å². The zero-order chi connectivity index (χ0) is 21.2. The molecule has 1 aromatic heterocycles. The van der Waals surface area contributed by atoms with Gasteiger partial charge in [-0.1, -0.05) is 52.3 Å². The molecule has 0 aliphatic rings. The van der Waals surface area contributed by atoms with E-state index in [4.69, 9.17) is 14.1 Å². The van der Waals surface area contributed by atoms with E-state index in [9.17, 15) is 4.79 Å². The molecule has 31 heavy (non-hydrogen) atoms. The Morgan fingerprint density at radius 2 is 1.81 bits per heavy atom. The van der Waals surface area contributed by atoms with Crippen molar-refractivity contribution in [2.24, 2.45) is 0 Å². The number of oxazole rings is 1. The summed E-state index contributed by atoms with van der Waals surface area (Å²) in [5, 5.41) is 5.01. The minimum atomic E-state index is -0.247. The standard InChI is InChI=1S/C25H17BrN2O3/c26-18-9-11-20(12-10-18)30-15-23(29)27-19-6-3-5-17(14-19)25-28-24-21-7-2-1-4-16(21)8-13-22(24)31-25/h1-14H,15H2,(H,27,29). The van der Waals surface area contributed by atoms with Gasteiger partial charge in [-0.25, -0.2) is 4.98 Å². The van der Waals surface area contributed by atoms with Crippen molar-refractivity contribution >= 4 is 49.4 Å². The highest BCUT2D eigenvalue weighted by atomic mass is 79.9. The Bertz CT molecular complexity index is 1390. The predicted octanol–water partition coefficient (Wildman–Crippen LogP) is 6.43. The van der Waals surface area contributed by atoms with E-state index in [0.29, 0.717) is 17.3 Å². The van der Waals surface area contributed by atoms with Crippen LogP contribution in [-0.4, -0.2) is 17.5 Å². The largest absolute Gasteiger partial charge is 0.484 e. The predicted molar refractivity (Wildman–Crippen MR) is 125 cm³/mol. The highest BCUT2D eigenvalue weighted by molar-refractivity contribution is 9.10. The monoisotopic (exact) mass is 472 g/mol. The second-order valence-electron chi connectivity index (χ2n) is 7.02. The van der Waals surface area contributed by atoms with E-state index >= 15 is 0 Å². The van der Waals surface area contributed by atoms with Crippen molar-refractivity contribution in [3.63, 3.8) is 0 Å². The van der Waals surface area contributed by atoms with Gasteiger partial charge in [0.15, 0.2) is 12.2 Å². The van der Waals surface area contributed by atoms with E-state index in [1.54, 1.807) is 12.1 Å². The lowest BCUT2D eigenvalue weighted by molar-refractivity contribution is -0.118. The molecule has 0 atom stereocenters. The quantitative estimate of drug-likeness (QED) is 0.320. The van der Waals surface area contributed by atoms with Crippen molar-refractivity contribution in [1.29, 1.82) is 0 Å². The van der Waals surface area contributed by atoms with Gasteiger partial charge < -0.3 is 14.5 Å². The molecule has 4 aromatic carbocycles. The highest BCUT2D eigenvalue weighted by Gasteiger charge is 2.12. The molecular weight excluding hydrogens is 456 g/mol. The van der Waals surface area contributed by atoms with Gasteiger partial charge in [0.25, 0.3) is 5.91 Å². The summed E-state index contributed by atoms with van der Waals surface area (Å²) >= 11 is 3.37. The Kier molecular flexibility index (Phi) is 5.14. The molecule has 152 valence electrons. The SMILES string of the molecule is O=C(COc1ccc(Br)cc1)Nc1cccc(-c2nc3c(ccc4ccccc43)o2)c1. The third-order valence-corrected chi connectivity index (χ3v) is 5.39. The van der Waals surface area contributed by atoms with Crippen molar-refractivity contribution in [3.05, 3.63) is 89.4 Å². The summed E-state index contributed by atoms with van der Waals surface area (Å²) in [4.78, 5) is 17.0. The number of amides is 1. The number of carbonyl (C=O) groups excluding carboxylic acids is 1. The van der Waals surface area contributed by atoms with Gasteiger partial charge in [-0.3, -0.25) is 4.79 Å². The Morgan fingerprint density at radius 3 is 2.68 bits per heavy atom. The Balaban J connectivity index is 1.34. The molecule has 0 radical (unpaired) electrons. The molecule has 0 aliphatic carbocycles. The fourth-order valence-corrected chi connectivity index (χ4v) is 3.66. The third-order valence-electron chi connectivity index (χ3n) is 4.86. The molecule has 0 saturated carbocycles. The lowest BCUT2D eigenvalue weighted by Crippen LogP contribution is -2.20. The number of nitrogens with one attached hydrogen (secondary N) is 1. The van der Waals surface area contributed by atoms with Crippen LogP contribution in [0.3, 0.4) is 0 Å². The molecule has 0 bridgehead atoms. The third kappa shape index (κ3) is 4.15. The van der Waals surface area contributed by atoms with Crippen molar-refractivity contribution in [2.45, 2.75) is 0 Å². The van der Waals surface area contributed by atoms with Gasteiger partial charge in [-0.15, -0.1) is 0 Å². The van der Waals surface area contributed by atoms with Gasteiger partial charge in [-0.2, -0.15) is 0 Å². The first-order chi connectivity index (χ1) is 15.2. The van der Waals surface area contributed by atoms with Gasteiger partial charge in [0, 0.05) is 21.1 Å². The van der Waals surface area contributed by atoms with Crippen LogP contribution in [0.5, 0.6) is 5.75 Å². The van der Waals surface area contributed by atoms with E-state index in [1.807, 2.05) is 66.7 Å². The maximum absolute atomic E-state index is 12.3. The molecule has 5 nitrogen and oxygen atoms in total. The topological polar surface area (TPSA) is 64.4 Å². The van der Waals surface area contributed by atoms with Gasteiger partial charge >= 0.3 is 0 Å². The number of hydrogen-bond acceptors (Lipinski definition) is 4. The summed E-state index contributed by atoms with van der Waals surface area (Å²) < 4.78 is 12.5. The van der Waals surface area contributed by atoms with E-state index < -0.39 is 0 Å². The zero-order valence-electron chi connectivity index (χ0n) is 16.3. The second-order valence-corrected chi connectivity index (χ2v) is 7.94. The number of benzene rings is 4. The normalized spacial score (nSPS) is 11.0. The number of nitrogens with zero attached hydrogens (tertiary/aromatic N) is 1. The van der Waals surface area contributed by atoms with E-state index in [0.717, 1.165) is 31.9 Å². The first-order valence-corrected chi connectivity index (χ1v) is 10.5. The fourth-order valence-electron chi connectivity index (χ4n) is 3.39. The molecule has 0 aliphatic heterocycles. The number of halogens is 1. The molecular formula is C25H17BrN2O3. The van der Waals surface area contributed by atoms with Crippen LogP contribution in [0.15, 0.2) is 93.8 Å². The van der Waals surface area contributed by atoms with Crippen molar-refractivity contribution in [2.75, 3.05) is 11.9 Å². The van der Waals surface area contributed by atoms with Crippen LogP contribution in [0.1, 0.15) is 0 Å². The molecule has 5 rings (SSSR count). The lowest BCUT2D eigenvalue weighted by atomic mass is 10.1. The lowest BCUT2D eigenvalue weighted by Gasteiger charge is -2.08. The number of anilines is 1. The van der Waals surface area contributed by atoms with E-state index in [-0.39, 0.29) is 12.5 Å². The van der Waals surface area contributed by atoms with Gasteiger partial charge in [0.1, 0.15) is 11.3 Å². The smallest absolute Gasteiger partial charge is 0.262 e. The molecule has 0 unspecified atom stereocenters. The highest BCUT2D eigenvalue weighted by Crippen LogP contribution is 2.30. The summed E-state index contributed by atoms with van der Waals surface area (Å²) in [7, 11) is 0. The van der Waals surface area contributed by atoms with Crippen LogP contribution < -0.4 is 10.1 Å². The van der Waals surface area contributed by atoms with Gasteiger partial charge in [0.2, 0.25) is 5.89 Å². The summed E-state index contributed by atoms with van der Waals surface area (Å²) in [6, 6.07) is 26.8. The van der Waals surface area contributed by atoms with Crippen molar-refractivity contribution in [3.8, 4) is 17.2 Å².